The van der Waals surface area contributed by atoms with Crippen molar-refractivity contribution < 1.29 is 13.2 Å². The lowest BCUT2D eigenvalue weighted by molar-refractivity contribution is 0.505. The molecular formula is C15H9ClF2N2OS. The van der Waals surface area contributed by atoms with Crippen molar-refractivity contribution >= 4 is 23.4 Å². The van der Waals surface area contributed by atoms with Gasteiger partial charge in [-0.1, -0.05) is 23.7 Å². The van der Waals surface area contributed by atoms with Gasteiger partial charge in [0.1, 0.15) is 0 Å². The molecule has 1 heterocycles. The van der Waals surface area contributed by atoms with E-state index in [1.54, 1.807) is 12.1 Å². The monoisotopic (exact) mass is 338 g/mol. The minimum Gasteiger partial charge on any atom is -0.420 e. The highest BCUT2D eigenvalue weighted by Crippen LogP contribution is 2.28. The zero-order valence-corrected chi connectivity index (χ0v) is 12.7. The van der Waals surface area contributed by atoms with Crippen molar-refractivity contribution in [3.63, 3.8) is 0 Å². The van der Waals surface area contributed by atoms with Crippen molar-refractivity contribution in [2.24, 2.45) is 0 Å². The molecule has 3 rings (SSSR count). The number of thioether (sulfide) groups is 1. The molecule has 0 amide bonds. The summed E-state index contributed by atoms with van der Waals surface area (Å²) in [6.45, 7) is 0. The summed E-state index contributed by atoms with van der Waals surface area (Å²) in [7, 11) is 0. The minimum absolute atomic E-state index is 0.325. The highest BCUT2D eigenvalue weighted by Gasteiger charge is 2.12. The molecule has 7 heteroatoms. The first-order chi connectivity index (χ1) is 10.6. The van der Waals surface area contributed by atoms with Gasteiger partial charge in [0.15, 0.2) is 11.6 Å². The van der Waals surface area contributed by atoms with Crippen LogP contribution in [0.4, 0.5) is 8.78 Å². The summed E-state index contributed by atoms with van der Waals surface area (Å²) in [4.78, 5) is 0.580. The Morgan fingerprint density at radius 2 is 1.86 bits per heavy atom. The fourth-order valence-corrected chi connectivity index (χ4v) is 2.74. The standard InChI is InChI=1S/C15H9ClF2N2OS/c16-11-4-2-1-3-10(11)15-20-19-14(21-15)8-22-9-5-6-12(17)13(18)7-9/h1-7H,8H2. The predicted octanol–water partition coefficient (Wildman–Crippen LogP) is 4.96. The van der Waals surface area contributed by atoms with E-state index in [-0.39, 0.29) is 0 Å². The van der Waals surface area contributed by atoms with Crippen molar-refractivity contribution in [2.45, 2.75) is 10.6 Å². The van der Waals surface area contributed by atoms with Crippen molar-refractivity contribution in [2.75, 3.05) is 0 Å². The Hall–Kier alpha value is -1.92. The first-order valence-electron chi connectivity index (χ1n) is 6.28. The number of benzene rings is 2. The van der Waals surface area contributed by atoms with E-state index in [4.69, 9.17) is 16.0 Å². The van der Waals surface area contributed by atoms with Gasteiger partial charge in [0.05, 0.1) is 16.3 Å². The maximum absolute atomic E-state index is 13.1. The lowest BCUT2D eigenvalue weighted by atomic mass is 10.2. The number of hydrogen-bond acceptors (Lipinski definition) is 4. The van der Waals surface area contributed by atoms with Gasteiger partial charge in [0.2, 0.25) is 11.8 Å². The van der Waals surface area contributed by atoms with Crippen LogP contribution in [-0.2, 0) is 5.75 Å². The van der Waals surface area contributed by atoms with Gasteiger partial charge in [0, 0.05) is 4.90 Å². The van der Waals surface area contributed by atoms with E-state index >= 15 is 0 Å². The molecule has 0 bridgehead atoms. The zero-order chi connectivity index (χ0) is 15.5. The van der Waals surface area contributed by atoms with Crippen LogP contribution in [-0.4, -0.2) is 10.2 Å². The number of rotatable bonds is 4. The van der Waals surface area contributed by atoms with E-state index in [2.05, 4.69) is 10.2 Å². The molecule has 0 saturated carbocycles. The number of nitrogens with zero attached hydrogens (tertiary/aromatic N) is 2. The van der Waals surface area contributed by atoms with Crippen LogP contribution >= 0.6 is 23.4 Å². The molecule has 0 unspecified atom stereocenters. The van der Waals surface area contributed by atoms with Gasteiger partial charge in [-0.2, -0.15) is 0 Å². The van der Waals surface area contributed by atoms with Gasteiger partial charge < -0.3 is 4.42 Å². The molecule has 0 saturated heterocycles. The SMILES string of the molecule is Fc1ccc(SCc2nnc(-c3ccccc3Cl)o2)cc1F. The topological polar surface area (TPSA) is 38.9 Å². The third-order valence-electron chi connectivity index (χ3n) is 2.82. The van der Waals surface area contributed by atoms with Crippen LogP contribution in [0.1, 0.15) is 5.89 Å². The Morgan fingerprint density at radius 3 is 2.64 bits per heavy atom. The van der Waals surface area contributed by atoms with Gasteiger partial charge in [-0.3, -0.25) is 0 Å². The Bertz CT molecular complexity index is 810. The molecule has 3 aromatic rings. The fourth-order valence-electron chi connectivity index (χ4n) is 1.77. The molecule has 112 valence electrons. The maximum atomic E-state index is 13.1. The first kappa shape index (κ1) is 15.0. The first-order valence-corrected chi connectivity index (χ1v) is 7.65. The highest BCUT2D eigenvalue weighted by atomic mass is 35.5. The average Bonchev–Trinajstić information content (AvgIpc) is 2.98. The molecular weight excluding hydrogens is 330 g/mol. The lowest BCUT2D eigenvalue weighted by Gasteiger charge is -1.99. The van der Waals surface area contributed by atoms with E-state index in [0.29, 0.717) is 33.0 Å². The van der Waals surface area contributed by atoms with Crippen molar-refractivity contribution in [1.29, 1.82) is 0 Å². The summed E-state index contributed by atoms with van der Waals surface area (Å²) in [5.41, 5.74) is 0.653. The van der Waals surface area contributed by atoms with Crippen LogP contribution in [0.5, 0.6) is 0 Å². The quantitative estimate of drug-likeness (QED) is 0.630. The second-order valence-electron chi connectivity index (χ2n) is 4.35. The molecule has 0 radical (unpaired) electrons. The van der Waals surface area contributed by atoms with E-state index in [1.165, 1.54) is 17.8 Å². The minimum atomic E-state index is -0.882. The third-order valence-corrected chi connectivity index (χ3v) is 4.13. The Labute approximate surface area is 134 Å². The fraction of sp³-hybridized carbons (Fsp3) is 0.0667. The molecule has 2 aromatic carbocycles. The summed E-state index contributed by atoms with van der Waals surface area (Å²) in [5.74, 6) is -0.700. The molecule has 0 aliphatic carbocycles. The Kier molecular flexibility index (Phi) is 4.40. The molecule has 0 atom stereocenters. The lowest BCUT2D eigenvalue weighted by Crippen LogP contribution is -1.85. The summed E-state index contributed by atoms with van der Waals surface area (Å²) in [6, 6.07) is 10.8. The summed E-state index contributed by atoms with van der Waals surface area (Å²) < 4.78 is 31.5. The van der Waals surface area contributed by atoms with Crippen LogP contribution in [0, 0.1) is 11.6 Å². The molecule has 3 nitrogen and oxygen atoms in total. The average molecular weight is 339 g/mol. The van der Waals surface area contributed by atoms with E-state index in [1.807, 2.05) is 12.1 Å². The maximum Gasteiger partial charge on any atom is 0.249 e. The largest absolute Gasteiger partial charge is 0.420 e. The van der Waals surface area contributed by atoms with Crippen LogP contribution in [0.15, 0.2) is 51.8 Å². The van der Waals surface area contributed by atoms with Crippen molar-refractivity contribution in [3.8, 4) is 11.5 Å². The molecule has 0 aliphatic rings. The molecule has 1 aromatic heterocycles. The highest BCUT2D eigenvalue weighted by molar-refractivity contribution is 7.98. The van der Waals surface area contributed by atoms with Gasteiger partial charge >= 0.3 is 0 Å². The number of aromatic nitrogens is 2. The van der Waals surface area contributed by atoms with Crippen LogP contribution in [0.2, 0.25) is 5.02 Å². The van der Waals surface area contributed by atoms with Crippen molar-refractivity contribution in [1.82, 2.24) is 10.2 Å². The van der Waals surface area contributed by atoms with Gasteiger partial charge in [-0.25, -0.2) is 8.78 Å². The normalized spacial score (nSPS) is 10.9. The molecule has 0 spiro atoms. The second kappa shape index (κ2) is 6.46. The predicted molar refractivity (Wildman–Crippen MR) is 80.7 cm³/mol. The second-order valence-corrected chi connectivity index (χ2v) is 5.80. The number of hydrogen-bond donors (Lipinski definition) is 0. The molecule has 0 fully saturated rings. The van der Waals surface area contributed by atoms with Crippen molar-refractivity contribution in [3.05, 3.63) is 65.0 Å². The van der Waals surface area contributed by atoms with E-state index in [9.17, 15) is 8.78 Å². The summed E-state index contributed by atoms with van der Waals surface area (Å²) in [5, 5.41) is 8.39. The van der Waals surface area contributed by atoms with Gasteiger partial charge in [-0.15, -0.1) is 22.0 Å². The number of halogens is 3. The smallest absolute Gasteiger partial charge is 0.249 e. The Balaban J connectivity index is 1.72. The molecule has 0 aliphatic heterocycles. The molecule has 0 N–H and O–H groups in total. The summed E-state index contributed by atoms with van der Waals surface area (Å²) >= 11 is 7.34. The van der Waals surface area contributed by atoms with E-state index in [0.717, 1.165) is 12.1 Å². The summed E-state index contributed by atoms with van der Waals surface area (Å²) in [6.07, 6.45) is 0. The zero-order valence-electron chi connectivity index (χ0n) is 11.1. The van der Waals surface area contributed by atoms with Crippen LogP contribution in [0.3, 0.4) is 0 Å². The van der Waals surface area contributed by atoms with Gasteiger partial charge in [0.25, 0.3) is 0 Å². The van der Waals surface area contributed by atoms with Gasteiger partial charge in [-0.05, 0) is 30.3 Å². The third kappa shape index (κ3) is 3.28. The van der Waals surface area contributed by atoms with Crippen LogP contribution in [0.25, 0.3) is 11.5 Å². The Morgan fingerprint density at radius 1 is 1.05 bits per heavy atom. The van der Waals surface area contributed by atoms with Crippen LogP contribution < -0.4 is 0 Å². The van der Waals surface area contributed by atoms with E-state index < -0.39 is 11.6 Å². The molecule has 22 heavy (non-hydrogen) atoms.